The predicted molar refractivity (Wildman–Crippen MR) is 77.4 cm³/mol. The number of β-lactam (4-membered cyclic amide) rings is 1. The Hall–Kier alpha value is -0.480. The Kier molecular flexibility index (Phi) is 3.79. The normalized spacial score (nSPS) is 31.2. The van der Waals surface area contributed by atoms with Gasteiger partial charge in [0.25, 0.3) is 0 Å². The number of fused-ring (bicyclic) bond motifs is 1. The molecule has 2 aliphatic heterocycles. The van der Waals surface area contributed by atoms with E-state index >= 15 is 0 Å². The second-order valence-corrected chi connectivity index (χ2v) is 7.60. The molecule has 3 nitrogen and oxygen atoms in total. The van der Waals surface area contributed by atoms with Crippen molar-refractivity contribution >= 4 is 17.7 Å². The maximum absolute atomic E-state index is 12.1. The molecule has 2 aliphatic rings. The Morgan fingerprint density at radius 3 is 2.83 bits per heavy atom. The number of thioether (sulfide) groups is 1. The lowest BCUT2D eigenvalue weighted by atomic mass is 10.0. The third-order valence-corrected chi connectivity index (χ3v) is 5.45. The number of hydrogen-bond acceptors (Lipinski definition) is 3. The van der Waals surface area contributed by atoms with Gasteiger partial charge in [-0.25, -0.2) is 0 Å². The first-order chi connectivity index (χ1) is 8.38. The summed E-state index contributed by atoms with van der Waals surface area (Å²) in [5.74, 6) is 0.200. The average Bonchev–Trinajstić information content (AvgIpc) is 2.52. The molecule has 2 heterocycles. The molecule has 18 heavy (non-hydrogen) atoms. The van der Waals surface area contributed by atoms with Crippen LogP contribution in [-0.4, -0.2) is 33.0 Å². The van der Waals surface area contributed by atoms with Gasteiger partial charge in [-0.3, -0.25) is 9.69 Å². The van der Waals surface area contributed by atoms with Crippen molar-refractivity contribution in [3.63, 3.8) is 0 Å². The fourth-order valence-corrected chi connectivity index (χ4v) is 4.09. The molecule has 1 unspecified atom stereocenters. The van der Waals surface area contributed by atoms with Gasteiger partial charge in [0.1, 0.15) is 11.4 Å². The summed E-state index contributed by atoms with van der Waals surface area (Å²) < 4.78 is -0.0105. The van der Waals surface area contributed by atoms with Crippen LogP contribution in [0.4, 0.5) is 0 Å². The molecule has 0 aliphatic carbocycles. The summed E-state index contributed by atoms with van der Waals surface area (Å²) in [5.41, 5.74) is 0.960. The van der Waals surface area contributed by atoms with E-state index in [9.17, 15) is 4.79 Å². The highest BCUT2D eigenvalue weighted by Gasteiger charge is 2.58. The van der Waals surface area contributed by atoms with Crippen LogP contribution in [0, 0.1) is 0 Å². The quantitative estimate of drug-likeness (QED) is 0.778. The number of carbonyl (C=O) groups is 1. The minimum Gasteiger partial charge on any atom is -0.301 e. The summed E-state index contributed by atoms with van der Waals surface area (Å²) in [6.07, 6.45) is 3.57. The number of nitrogens with one attached hydrogen (secondary N) is 1. The fraction of sp³-hybridized carbons (Fsp3) is 0.786. The summed E-state index contributed by atoms with van der Waals surface area (Å²) in [4.78, 5) is 14.0. The van der Waals surface area contributed by atoms with Crippen molar-refractivity contribution in [1.29, 1.82) is 0 Å². The summed E-state index contributed by atoms with van der Waals surface area (Å²) >= 11 is 1.85. The lowest BCUT2D eigenvalue weighted by Gasteiger charge is -2.43. The Morgan fingerprint density at radius 2 is 2.22 bits per heavy atom. The zero-order valence-corrected chi connectivity index (χ0v) is 12.6. The van der Waals surface area contributed by atoms with E-state index in [0.29, 0.717) is 6.04 Å². The third-order valence-electron chi connectivity index (χ3n) is 3.90. The van der Waals surface area contributed by atoms with E-state index in [0.717, 1.165) is 12.1 Å². The van der Waals surface area contributed by atoms with Crippen LogP contribution in [0.5, 0.6) is 0 Å². The van der Waals surface area contributed by atoms with Crippen molar-refractivity contribution in [2.24, 2.45) is 0 Å². The highest BCUT2D eigenvalue weighted by Crippen LogP contribution is 2.52. The zero-order valence-electron chi connectivity index (χ0n) is 11.8. The molecule has 1 N–H and O–H groups in total. The van der Waals surface area contributed by atoms with Crippen LogP contribution in [0.1, 0.15) is 47.0 Å². The second-order valence-electron chi connectivity index (χ2n) is 5.86. The van der Waals surface area contributed by atoms with E-state index < -0.39 is 0 Å². The first-order valence-corrected chi connectivity index (χ1v) is 7.72. The molecule has 0 aromatic heterocycles. The van der Waals surface area contributed by atoms with E-state index in [2.05, 4.69) is 39.6 Å². The molecule has 0 aromatic carbocycles. The maximum Gasteiger partial charge on any atom is 0.247 e. The Bertz CT molecular complexity index is 367. The molecule has 0 saturated carbocycles. The minimum absolute atomic E-state index is 0.0105. The van der Waals surface area contributed by atoms with E-state index in [1.165, 1.54) is 12.8 Å². The molecule has 1 amide bonds. The van der Waals surface area contributed by atoms with Crippen LogP contribution < -0.4 is 5.32 Å². The first kappa shape index (κ1) is 13.9. The number of rotatable bonds is 5. The number of hydrogen-bond donors (Lipinski definition) is 1. The van der Waals surface area contributed by atoms with Crippen molar-refractivity contribution in [3.05, 3.63) is 12.3 Å². The number of nitrogens with zero attached hydrogens (tertiary/aromatic N) is 1. The molecule has 4 heteroatoms. The van der Waals surface area contributed by atoms with Crippen LogP contribution in [0.3, 0.4) is 0 Å². The van der Waals surface area contributed by atoms with Crippen molar-refractivity contribution in [1.82, 2.24) is 10.2 Å². The molecule has 0 spiro atoms. The summed E-state index contributed by atoms with van der Waals surface area (Å²) in [7, 11) is 0. The van der Waals surface area contributed by atoms with Gasteiger partial charge in [-0.2, -0.15) is 0 Å². The largest absolute Gasteiger partial charge is 0.301 e. The second kappa shape index (κ2) is 4.89. The van der Waals surface area contributed by atoms with Crippen LogP contribution in [0.25, 0.3) is 0 Å². The van der Waals surface area contributed by atoms with Crippen molar-refractivity contribution in [2.45, 2.75) is 69.2 Å². The van der Waals surface area contributed by atoms with E-state index in [1.54, 1.807) is 0 Å². The van der Waals surface area contributed by atoms with Crippen LogP contribution in [-0.2, 0) is 4.79 Å². The zero-order chi connectivity index (χ0) is 13.5. The molecule has 102 valence electrons. The maximum atomic E-state index is 12.1. The van der Waals surface area contributed by atoms with Crippen LogP contribution in [0.15, 0.2) is 12.3 Å². The Labute approximate surface area is 114 Å². The molecule has 2 saturated heterocycles. The van der Waals surface area contributed by atoms with Crippen LogP contribution in [0.2, 0.25) is 0 Å². The van der Waals surface area contributed by atoms with E-state index in [1.807, 2.05) is 16.7 Å². The number of carbonyl (C=O) groups excluding carboxylic acids is 1. The molecule has 0 radical (unpaired) electrons. The topological polar surface area (TPSA) is 32.3 Å². The van der Waals surface area contributed by atoms with Crippen molar-refractivity contribution < 1.29 is 4.79 Å². The van der Waals surface area contributed by atoms with Gasteiger partial charge in [0.2, 0.25) is 5.91 Å². The minimum atomic E-state index is -0.0135. The Morgan fingerprint density at radius 1 is 1.56 bits per heavy atom. The Balaban J connectivity index is 1.94. The molecular formula is C14H24N2OS. The number of unbranched alkanes of at least 4 members (excludes halogenated alkanes) is 1. The van der Waals surface area contributed by atoms with Gasteiger partial charge in [0.15, 0.2) is 0 Å². The average molecular weight is 268 g/mol. The van der Waals surface area contributed by atoms with Gasteiger partial charge in [-0.1, -0.05) is 26.3 Å². The fourth-order valence-electron chi connectivity index (χ4n) is 2.59. The highest BCUT2D eigenvalue weighted by atomic mass is 32.2. The van der Waals surface area contributed by atoms with Crippen molar-refractivity contribution in [2.75, 3.05) is 0 Å². The van der Waals surface area contributed by atoms with E-state index in [4.69, 9.17) is 0 Å². The van der Waals surface area contributed by atoms with Gasteiger partial charge >= 0.3 is 0 Å². The smallest absolute Gasteiger partial charge is 0.247 e. The number of amides is 1. The SMILES string of the molecule is C=C1N2C(=O)[C@@H](NC(C)CCCC)[C@H]2SC1(C)C. The first-order valence-electron chi connectivity index (χ1n) is 6.84. The summed E-state index contributed by atoms with van der Waals surface area (Å²) in [5, 5.41) is 3.73. The molecule has 3 atom stereocenters. The molecular weight excluding hydrogens is 244 g/mol. The molecule has 2 fully saturated rings. The standard InChI is InChI=1S/C14H24N2OS/c1-6-7-8-9(2)15-11-12(17)16-10(3)14(4,5)18-13(11)16/h9,11,13,15H,3,6-8H2,1-2,4-5H3/t9?,11-,13-/m1/s1. The van der Waals surface area contributed by atoms with Crippen LogP contribution >= 0.6 is 11.8 Å². The third kappa shape index (κ3) is 2.21. The van der Waals surface area contributed by atoms with Gasteiger partial charge in [-0.05, 0) is 27.2 Å². The lowest BCUT2D eigenvalue weighted by Crippen LogP contribution is -2.67. The predicted octanol–water partition coefficient (Wildman–Crippen LogP) is 2.73. The van der Waals surface area contributed by atoms with Gasteiger partial charge in [-0.15, -0.1) is 11.8 Å². The molecule has 0 bridgehead atoms. The monoisotopic (exact) mass is 268 g/mol. The molecule has 2 rings (SSSR count). The summed E-state index contributed by atoms with van der Waals surface area (Å²) in [6, 6.07) is 0.402. The van der Waals surface area contributed by atoms with E-state index in [-0.39, 0.29) is 22.1 Å². The van der Waals surface area contributed by atoms with Gasteiger partial charge in [0.05, 0.1) is 4.75 Å². The molecule has 0 aromatic rings. The van der Waals surface area contributed by atoms with Gasteiger partial charge < -0.3 is 5.32 Å². The van der Waals surface area contributed by atoms with Crippen molar-refractivity contribution in [3.8, 4) is 0 Å². The lowest BCUT2D eigenvalue weighted by molar-refractivity contribution is -0.142. The highest BCUT2D eigenvalue weighted by molar-refractivity contribution is 8.01. The van der Waals surface area contributed by atoms with Gasteiger partial charge in [0, 0.05) is 11.7 Å². The summed E-state index contributed by atoms with van der Waals surface area (Å²) in [6.45, 7) is 12.7.